The summed E-state index contributed by atoms with van der Waals surface area (Å²) in [7, 11) is 11.1. The molecule has 1 aliphatic rings. The number of aryl methyl sites for hydroxylation is 1. The van der Waals surface area contributed by atoms with Gasteiger partial charge in [-0.05, 0) is 97.2 Å². The summed E-state index contributed by atoms with van der Waals surface area (Å²) in [6.45, 7) is 14.2. The molecule has 1 fully saturated rings. The molecule has 4 rings (SSSR count). The molecule has 0 aliphatic carbocycles. The third-order valence-corrected chi connectivity index (χ3v) is 18.0. The second kappa shape index (κ2) is 36.3. The Kier molecular flexibility index (Phi) is 30.4. The zero-order chi connectivity index (χ0) is 72.4. The number of hydrogen-bond acceptors (Lipinski definition) is 11. The van der Waals surface area contributed by atoms with E-state index in [9.17, 15) is 51.5 Å². The van der Waals surface area contributed by atoms with Gasteiger partial charge in [0.25, 0.3) is 0 Å². The van der Waals surface area contributed by atoms with Crippen molar-refractivity contribution in [2.75, 3.05) is 76.0 Å². The summed E-state index contributed by atoms with van der Waals surface area (Å²) >= 11 is 6.23. The van der Waals surface area contributed by atoms with E-state index in [2.05, 4.69) is 16.0 Å². The quantitative estimate of drug-likeness (QED) is 0.170. The van der Waals surface area contributed by atoms with E-state index in [1.807, 2.05) is 34.6 Å². The Morgan fingerprint density at radius 2 is 0.990 bits per heavy atom. The summed E-state index contributed by atoms with van der Waals surface area (Å²) in [5.74, 6) is -8.91. The Bertz CT molecular complexity index is 3180. The molecule has 22 nitrogen and oxygen atoms in total. The van der Waals surface area contributed by atoms with Crippen molar-refractivity contribution in [3.63, 3.8) is 0 Å². The van der Waals surface area contributed by atoms with Crippen molar-refractivity contribution in [3.8, 4) is 0 Å². The lowest BCUT2D eigenvalue weighted by atomic mass is 9.95. The molecule has 0 radical (unpaired) electrons. The van der Waals surface area contributed by atoms with E-state index in [1.54, 1.807) is 82.3 Å². The molecule has 0 bridgehead atoms. The van der Waals surface area contributed by atoms with Crippen LogP contribution < -0.4 is 16.0 Å². The van der Waals surface area contributed by atoms with Crippen LogP contribution in [0.15, 0.2) is 78.9 Å². The smallest absolute Gasteiger partial charge is 0.351 e. The van der Waals surface area contributed by atoms with Gasteiger partial charge in [0, 0.05) is 86.7 Å². The largest absolute Gasteiger partial charge is 0.416 e. The maximum absolute atomic E-state index is 15.4. The van der Waals surface area contributed by atoms with Gasteiger partial charge in [-0.1, -0.05) is 128 Å². The van der Waals surface area contributed by atoms with Crippen molar-refractivity contribution in [2.45, 2.75) is 168 Å². The highest BCUT2D eigenvalue weighted by molar-refractivity contribution is 6.30. The second-order valence-electron chi connectivity index (χ2n) is 26.9. The molecule has 3 N–H and O–H groups in total. The van der Waals surface area contributed by atoms with Gasteiger partial charge in [0.05, 0.1) is 25.2 Å². The minimum absolute atomic E-state index is 0.0382. The van der Waals surface area contributed by atoms with Crippen LogP contribution in [0.2, 0.25) is 5.02 Å². The van der Waals surface area contributed by atoms with Gasteiger partial charge in [-0.25, -0.2) is 0 Å². The molecule has 530 valence electrons. The average molecular weight is 1370 g/mol. The van der Waals surface area contributed by atoms with Gasteiger partial charge in [0.1, 0.15) is 42.3 Å². The molecule has 1 heterocycles. The summed E-state index contributed by atoms with van der Waals surface area (Å²) in [6, 6.07) is 9.93. The normalized spacial score (nSPS) is 23.3. The molecule has 0 saturated carbocycles. The first-order chi connectivity index (χ1) is 44.8. The summed E-state index contributed by atoms with van der Waals surface area (Å²) < 4.78 is 41.1. The highest BCUT2D eigenvalue weighted by atomic mass is 35.5. The fourth-order valence-electron chi connectivity index (χ4n) is 11.6. The van der Waals surface area contributed by atoms with Crippen LogP contribution in [0.5, 0.6) is 0 Å². The molecular weight excluding hydrogens is 1260 g/mol. The number of nitrogens with one attached hydrogen (secondary N) is 3. The fraction of sp³-hybridized carbons (Fsp3) is 0.586. The van der Waals surface area contributed by atoms with E-state index in [1.165, 1.54) is 83.2 Å². The number of carbonyl (C=O) groups excluding carboxylic acids is 11. The number of nitrogens with zero attached hydrogens (tertiary/aromatic N) is 8. The molecule has 11 amide bonds. The molecule has 96 heavy (non-hydrogen) atoms. The van der Waals surface area contributed by atoms with Gasteiger partial charge in [0.2, 0.25) is 65.0 Å². The number of alkyl halides is 3. The number of likely N-dealkylation sites (N-methyl/N-ethyl adjacent to an activating group) is 8. The minimum atomic E-state index is -4.64. The van der Waals surface area contributed by atoms with Gasteiger partial charge >= 0.3 is 6.18 Å². The number of amides is 11. The molecular formula is C70H101ClF3N11O11. The van der Waals surface area contributed by atoms with Crippen LogP contribution in [0.25, 0.3) is 0 Å². The Morgan fingerprint density at radius 1 is 0.500 bits per heavy atom. The first-order valence-corrected chi connectivity index (χ1v) is 33.1. The van der Waals surface area contributed by atoms with Gasteiger partial charge in [0.15, 0.2) is 0 Å². The van der Waals surface area contributed by atoms with Gasteiger partial charge in [-0.2, -0.15) is 13.2 Å². The van der Waals surface area contributed by atoms with Crippen LogP contribution >= 0.6 is 11.6 Å². The van der Waals surface area contributed by atoms with Crippen molar-refractivity contribution in [1.82, 2.24) is 55.1 Å². The van der Waals surface area contributed by atoms with Crippen LogP contribution in [0.4, 0.5) is 13.2 Å². The van der Waals surface area contributed by atoms with E-state index in [-0.39, 0.29) is 56.8 Å². The number of hydrogen-bond donors (Lipinski definition) is 3. The van der Waals surface area contributed by atoms with E-state index >= 15 is 14.4 Å². The van der Waals surface area contributed by atoms with E-state index < -0.39 is 157 Å². The van der Waals surface area contributed by atoms with Crippen molar-refractivity contribution < 1.29 is 65.9 Å². The highest BCUT2D eigenvalue weighted by Crippen LogP contribution is 2.30. The first kappa shape index (κ1) is 80.3. The highest BCUT2D eigenvalue weighted by Gasteiger charge is 2.43. The van der Waals surface area contributed by atoms with Crippen LogP contribution in [0, 0.1) is 23.7 Å². The summed E-state index contributed by atoms with van der Waals surface area (Å²) in [6.07, 6.45) is -4.70. The molecule has 1 saturated heterocycles. The third-order valence-electron chi connectivity index (χ3n) is 17.8. The van der Waals surface area contributed by atoms with E-state index in [0.717, 1.165) is 36.6 Å². The summed E-state index contributed by atoms with van der Waals surface area (Å²) in [5.41, 5.74) is 0.678. The maximum Gasteiger partial charge on any atom is 0.416 e. The lowest BCUT2D eigenvalue weighted by Gasteiger charge is -2.39. The summed E-state index contributed by atoms with van der Waals surface area (Å²) in [4.78, 5) is 171. The maximum atomic E-state index is 15.4. The minimum Gasteiger partial charge on any atom is -0.351 e. The zero-order valence-electron chi connectivity index (χ0n) is 58.8. The molecule has 26 heteroatoms. The van der Waals surface area contributed by atoms with Crippen molar-refractivity contribution in [3.05, 3.63) is 106 Å². The van der Waals surface area contributed by atoms with Gasteiger partial charge in [-0.15, -0.1) is 0 Å². The molecule has 0 aromatic heterocycles. The molecule has 3 aromatic carbocycles. The van der Waals surface area contributed by atoms with Crippen molar-refractivity contribution in [1.29, 1.82) is 0 Å². The molecule has 1 aliphatic heterocycles. The number of halogens is 4. The lowest BCUT2D eigenvalue weighted by molar-refractivity contribution is -0.153. The standard InChI is InChI=1S/C70H101ClF3N11O11/c1-18-45(8)61-69(96)80(12)40-59(88)78(10)41-60(89)82(14)55(38-49-26-31-51(71)32-27-49)66(93)79(11)39-57(86)76-52(33-28-47-24-29-50(30-25-47)70(72,73)74)65(92)83(15)54(35-43(4)5)67(94)84(16)56(37-48-22-20-19-21-23-48)68(95)85(17)62(44(6)7)64(91)75-46(9)36-58(87)81(13)53(34-42(2)3)63(90)77-61/h19-27,29-32,42-46,52-56,61-62H,18,28,33-41H2,1-17H3,(H,75,91)(H,76,86)(H,77,90)/t45-,46+,52-,53-,54-,55-,56-,61-,62-/m0/s1. The van der Waals surface area contributed by atoms with Crippen molar-refractivity contribution in [2.24, 2.45) is 23.7 Å². The Labute approximate surface area is 569 Å². The molecule has 9 atom stereocenters. The van der Waals surface area contributed by atoms with Crippen LogP contribution in [0.1, 0.15) is 117 Å². The second-order valence-corrected chi connectivity index (χ2v) is 27.3. The van der Waals surface area contributed by atoms with Crippen molar-refractivity contribution >= 4 is 76.6 Å². The van der Waals surface area contributed by atoms with Gasteiger partial charge < -0.3 is 55.1 Å². The first-order valence-electron chi connectivity index (χ1n) is 32.7. The Balaban J connectivity index is 1.90. The SMILES string of the molecule is CC[C@H](C)[C@@H]1NC(=O)[C@H](CC(C)C)N(C)C(=O)C[C@@H](C)NC(=O)[C@H](C(C)C)N(C)C(=O)[C@H](Cc2ccccc2)N(C)C(=O)[C@H](CC(C)C)N(C)C(=O)[C@H](CCc2ccc(C(F)(F)F)cc2)NC(=O)CN(C)C(=O)[C@H](Cc2ccc(Cl)cc2)N(C)C(=O)CN(C)C(=O)CN(C)C1=O. The predicted molar refractivity (Wildman–Crippen MR) is 360 cm³/mol. The Morgan fingerprint density at radius 3 is 1.53 bits per heavy atom. The monoisotopic (exact) mass is 1360 g/mol. The number of carbonyl (C=O) groups is 11. The number of benzene rings is 3. The molecule has 0 unspecified atom stereocenters. The van der Waals surface area contributed by atoms with Crippen LogP contribution in [0.3, 0.4) is 0 Å². The van der Waals surface area contributed by atoms with Gasteiger partial charge in [-0.3, -0.25) is 52.7 Å². The Hall–Kier alpha value is -8.09. The number of rotatable bonds is 14. The lowest BCUT2D eigenvalue weighted by Crippen LogP contribution is -2.61. The third kappa shape index (κ3) is 22.8. The fourth-order valence-corrected chi connectivity index (χ4v) is 11.8. The predicted octanol–water partition coefficient (Wildman–Crippen LogP) is 5.96. The molecule has 3 aromatic rings. The van der Waals surface area contributed by atoms with E-state index in [4.69, 9.17) is 11.6 Å². The topological polar surface area (TPSA) is 250 Å². The van der Waals surface area contributed by atoms with E-state index in [0.29, 0.717) is 28.1 Å². The summed E-state index contributed by atoms with van der Waals surface area (Å²) in [5, 5.41) is 8.88. The van der Waals surface area contributed by atoms with Crippen LogP contribution in [-0.2, 0) is 78.2 Å². The van der Waals surface area contributed by atoms with Crippen LogP contribution in [-0.4, -0.2) is 229 Å². The average Bonchev–Trinajstić information content (AvgIpc) is 0.810. The zero-order valence-corrected chi connectivity index (χ0v) is 59.5. The molecule has 0 spiro atoms.